The molecule has 1 aromatic carbocycles. The van der Waals surface area contributed by atoms with E-state index in [4.69, 9.17) is 0 Å². The predicted octanol–water partition coefficient (Wildman–Crippen LogP) is 2.22. The lowest BCUT2D eigenvalue weighted by atomic mass is 9.97. The summed E-state index contributed by atoms with van der Waals surface area (Å²) in [5.74, 6) is -0.262. The molecule has 1 fully saturated rings. The van der Waals surface area contributed by atoms with E-state index in [1.807, 2.05) is 6.92 Å². The second-order valence-electron chi connectivity index (χ2n) is 6.50. The Balaban J connectivity index is 2.12. The van der Waals surface area contributed by atoms with Crippen molar-refractivity contribution in [2.24, 2.45) is 5.92 Å². The molecule has 0 aromatic heterocycles. The number of carbonyl (C=O) groups excluding carboxylic acids is 1. The highest BCUT2D eigenvalue weighted by Crippen LogP contribution is 2.32. The van der Waals surface area contributed by atoms with Gasteiger partial charge in [0.05, 0.1) is 4.92 Å². The van der Waals surface area contributed by atoms with Gasteiger partial charge >= 0.3 is 0 Å². The molecular weight excluding hydrogens is 358 g/mol. The average molecular weight is 383 g/mol. The number of aryl methyl sites for hydroxylation is 1. The van der Waals surface area contributed by atoms with Crippen LogP contribution in [0.4, 0.5) is 5.69 Å². The summed E-state index contributed by atoms with van der Waals surface area (Å²) in [7, 11) is -3.98. The summed E-state index contributed by atoms with van der Waals surface area (Å²) in [6.07, 6.45) is 2.73. The molecule has 0 unspecified atom stereocenters. The molecule has 0 radical (unpaired) electrons. The van der Waals surface area contributed by atoms with Crippen LogP contribution in [0.2, 0.25) is 0 Å². The SMILES string of the molecule is CCCCNC(=O)C1CCN(S(=O)(=O)c2c(C)cccc2[N+](=O)[O-])CC1. The van der Waals surface area contributed by atoms with Crippen molar-refractivity contribution in [2.75, 3.05) is 19.6 Å². The van der Waals surface area contributed by atoms with Crippen LogP contribution in [0.25, 0.3) is 0 Å². The number of nitrogens with one attached hydrogen (secondary N) is 1. The van der Waals surface area contributed by atoms with Gasteiger partial charge in [-0.05, 0) is 31.7 Å². The molecule has 0 aliphatic carbocycles. The normalized spacial score (nSPS) is 16.4. The maximum Gasteiger partial charge on any atom is 0.289 e. The smallest absolute Gasteiger partial charge is 0.289 e. The lowest BCUT2D eigenvalue weighted by molar-refractivity contribution is -0.387. The third-order valence-electron chi connectivity index (χ3n) is 4.64. The molecule has 0 bridgehead atoms. The Morgan fingerprint density at radius 1 is 1.35 bits per heavy atom. The number of unbranched alkanes of at least 4 members (excludes halogenated alkanes) is 1. The number of hydrogen-bond donors (Lipinski definition) is 1. The molecule has 1 aliphatic heterocycles. The number of nitrogens with zero attached hydrogens (tertiary/aromatic N) is 2. The van der Waals surface area contributed by atoms with E-state index in [1.165, 1.54) is 16.4 Å². The second-order valence-corrected chi connectivity index (χ2v) is 8.38. The third-order valence-corrected chi connectivity index (χ3v) is 6.73. The van der Waals surface area contributed by atoms with Gasteiger partial charge in [0.15, 0.2) is 4.90 Å². The van der Waals surface area contributed by atoms with Crippen molar-refractivity contribution in [1.82, 2.24) is 9.62 Å². The molecule has 26 heavy (non-hydrogen) atoms. The van der Waals surface area contributed by atoms with E-state index in [-0.39, 0.29) is 29.8 Å². The zero-order valence-corrected chi connectivity index (χ0v) is 15.9. The number of nitro benzene ring substituents is 1. The topological polar surface area (TPSA) is 110 Å². The van der Waals surface area contributed by atoms with Gasteiger partial charge in [0.1, 0.15) is 0 Å². The number of amides is 1. The first-order valence-electron chi connectivity index (χ1n) is 8.81. The first-order chi connectivity index (χ1) is 12.3. The molecule has 1 aromatic rings. The first kappa shape index (κ1) is 20.3. The summed E-state index contributed by atoms with van der Waals surface area (Å²) in [6.45, 7) is 4.58. The second kappa shape index (κ2) is 8.59. The Labute approximate surface area is 153 Å². The fourth-order valence-electron chi connectivity index (χ4n) is 3.14. The van der Waals surface area contributed by atoms with Crippen molar-refractivity contribution in [3.63, 3.8) is 0 Å². The molecule has 0 atom stereocenters. The van der Waals surface area contributed by atoms with Gasteiger partial charge in [0.2, 0.25) is 15.9 Å². The van der Waals surface area contributed by atoms with Crippen LogP contribution < -0.4 is 5.32 Å². The van der Waals surface area contributed by atoms with Gasteiger partial charge in [-0.3, -0.25) is 14.9 Å². The van der Waals surface area contributed by atoms with Crippen LogP contribution in [-0.4, -0.2) is 43.2 Å². The Bertz CT molecular complexity index is 771. The van der Waals surface area contributed by atoms with Crippen molar-refractivity contribution < 1.29 is 18.1 Å². The Kier molecular flexibility index (Phi) is 6.71. The highest BCUT2D eigenvalue weighted by Gasteiger charge is 2.36. The number of piperidine rings is 1. The van der Waals surface area contributed by atoms with E-state index < -0.39 is 20.6 Å². The number of carbonyl (C=O) groups is 1. The number of nitro groups is 1. The first-order valence-corrected chi connectivity index (χ1v) is 10.2. The molecule has 0 spiro atoms. The summed E-state index contributed by atoms with van der Waals surface area (Å²) >= 11 is 0. The van der Waals surface area contributed by atoms with E-state index in [0.717, 1.165) is 12.8 Å². The minimum absolute atomic E-state index is 0.0441. The lowest BCUT2D eigenvalue weighted by Crippen LogP contribution is -2.43. The highest BCUT2D eigenvalue weighted by atomic mass is 32.2. The van der Waals surface area contributed by atoms with Crippen LogP contribution in [0.5, 0.6) is 0 Å². The van der Waals surface area contributed by atoms with E-state index in [1.54, 1.807) is 13.0 Å². The minimum atomic E-state index is -3.98. The van der Waals surface area contributed by atoms with Crippen LogP contribution >= 0.6 is 0 Å². The van der Waals surface area contributed by atoms with Gasteiger partial charge < -0.3 is 5.32 Å². The largest absolute Gasteiger partial charge is 0.356 e. The number of benzene rings is 1. The van der Waals surface area contributed by atoms with Gasteiger partial charge in [0, 0.05) is 31.6 Å². The molecule has 9 heteroatoms. The summed E-state index contributed by atoms with van der Waals surface area (Å²) in [6, 6.07) is 4.22. The monoisotopic (exact) mass is 383 g/mol. The maximum atomic E-state index is 12.9. The average Bonchev–Trinajstić information content (AvgIpc) is 2.61. The Morgan fingerprint density at radius 3 is 2.58 bits per heavy atom. The van der Waals surface area contributed by atoms with Gasteiger partial charge in [-0.2, -0.15) is 4.31 Å². The third kappa shape index (κ3) is 4.39. The molecule has 2 rings (SSSR count). The van der Waals surface area contributed by atoms with E-state index >= 15 is 0 Å². The van der Waals surface area contributed by atoms with Crippen molar-refractivity contribution in [3.8, 4) is 0 Å². The number of hydrogen-bond acceptors (Lipinski definition) is 5. The summed E-state index contributed by atoms with van der Waals surface area (Å²) in [4.78, 5) is 22.4. The zero-order chi connectivity index (χ0) is 19.3. The van der Waals surface area contributed by atoms with Gasteiger partial charge in [0.25, 0.3) is 5.69 Å². The molecule has 1 amide bonds. The van der Waals surface area contributed by atoms with Crippen molar-refractivity contribution in [1.29, 1.82) is 0 Å². The van der Waals surface area contributed by atoms with Crippen molar-refractivity contribution >= 4 is 21.6 Å². The number of rotatable bonds is 7. The van der Waals surface area contributed by atoms with Crippen LogP contribution in [0.1, 0.15) is 38.2 Å². The minimum Gasteiger partial charge on any atom is -0.356 e. The Morgan fingerprint density at radius 2 is 2.00 bits per heavy atom. The molecule has 144 valence electrons. The quantitative estimate of drug-likeness (QED) is 0.441. The molecule has 0 saturated carbocycles. The standard InChI is InChI=1S/C17H25N3O5S/c1-3-4-10-18-17(21)14-8-11-19(12-9-14)26(24,25)16-13(2)6-5-7-15(16)20(22)23/h5-7,14H,3-4,8-12H2,1-2H3,(H,18,21). The fourth-order valence-corrected chi connectivity index (χ4v) is 4.97. The van der Waals surface area contributed by atoms with E-state index in [0.29, 0.717) is 24.9 Å². The van der Waals surface area contributed by atoms with E-state index in [2.05, 4.69) is 5.32 Å². The summed E-state index contributed by atoms with van der Waals surface area (Å²) < 4.78 is 27.1. The predicted molar refractivity (Wildman–Crippen MR) is 97.2 cm³/mol. The molecule has 8 nitrogen and oxygen atoms in total. The van der Waals surface area contributed by atoms with Crippen LogP contribution in [0, 0.1) is 23.0 Å². The molecule has 1 heterocycles. The maximum absolute atomic E-state index is 12.9. The van der Waals surface area contributed by atoms with Crippen LogP contribution in [-0.2, 0) is 14.8 Å². The number of sulfonamides is 1. The zero-order valence-electron chi connectivity index (χ0n) is 15.1. The van der Waals surface area contributed by atoms with Crippen molar-refractivity contribution in [3.05, 3.63) is 33.9 Å². The fraction of sp³-hybridized carbons (Fsp3) is 0.588. The van der Waals surface area contributed by atoms with Gasteiger partial charge in [-0.15, -0.1) is 0 Å². The van der Waals surface area contributed by atoms with E-state index in [9.17, 15) is 23.3 Å². The highest BCUT2D eigenvalue weighted by molar-refractivity contribution is 7.89. The van der Waals surface area contributed by atoms with Gasteiger partial charge in [-0.25, -0.2) is 8.42 Å². The molecule has 1 N–H and O–H groups in total. The van der Waals surface area contributed by atoms with Crippen LogP contribution in [0.15, 0.2) is 23.1 Å². The lowest BCUT2D eigenvalue weighted by Gasteiger charge is -2.30. The Hall–Kier alpha value is -2.00. The molecule has 1 aliphatic rings. The van der Waals surface area contributed by atoms with Gasteiger partial charge in [-0.1, -0.05) is 25.5 Å². The molecule has 1 saturated heterocycles. The molecular formula is C17H25N3O5S. The summed E-state index contributed by atoms with van der Waals surface area (Å²) in [5.41, 5.74) is -0.0666. The summed E-state index contributed by atoms with van der Waals surface area (Å²) in [5, 5.41) is 14.1. The van der Waals surface area contributed by atoms with Crippen LogP contribution in [0.3, 0.4) is 0 Å². The van der Waals surface area contributed by atoms with Crippen molar-refractivity contribution in [2.45, 2.75) is 44.4 Å².